The third-order valence-electron chi connectivity index (χ3n) is 3.16. The molecule has 1 heterocycles. The minimum atomic E-state index is -0.876. The number of aromatic nitrogens is 1. The molecule has 0 aliphatic heterocycles. The van der Waals surface area contributed by atoms with Crippen molar-refractivity contribution in [2.75, 3.05) is 0 Å². The van der Waals surface area contributed by atoms with Crippen LogP contribution in [0.25, 0.3) is 0 Å². The second-order valence-electron chi connectivity index (χ2n) is 4.23. The molecular weight excluding hydrogens is 234 g/mol. The molecule has 1 aromatic carbocycles. The largest absolute Gasteiger partial charge is 0.477 e. The van der Waals surface area contributed by atoms with Gasteiger partial charge < -0.3 is 5.11 Å². The number of rotatable bonds is 2. The Labute approximate surface area is 103 Å². The van der Waals surface area contributed by atoms with Gasteiger partial charge in [0.1, 0.15) is 9.88 Å². The lowest BCUT2D eigenvalue weighted by Gasteiger charge is -2.28. The smallest absolute Gasteiger partial charge is 0.347 e. The Balaban J connectivity index is 1.98. The van der Waals surface area contributed by atoms with Crippen LogP contribution in [0, 0.1) is 6.92 Å². The van der Waals surface area contributed by atoms with E-state index in [4.69, 9.17) is 5.11 Å². The highest BCUT2D eigenvalue weighted by Crippen LogP contribution is 2.41. The number of carboxylic acids is 1. The van der Waals surface area contributed by atoms with Gasteiger partial charge in [0.2, 0.25) is 0 Å². The fourth-order valence-corrected chi connectivity index (χ4v) is 3.27. The summed E-state index contributed by atoms with van der Waals surface area (Å²) in [6, 6.07) is 8.26. The third kappa shape index (κ3) is 1.56. The fourth-order valence-electron chi connectivity index (χ4n) is 2.24. The van der Waals surface area contributed by atoms with E-state index in [2.05, 4.69) is 17.1 Å². The molecular formula is C13H11NO2S. The highest BCUT2D eigenvalue weighted by molar-refractivity contribution is 7.13. The van der Waals surface area contributed by atoms with Gasteiger partial charge in [-0.1, -0.05) is 24.3 Å². The zero-order chi connectivity index (χ0) is 12.0. The van der Waals surface area contributed by atoms with E-state index in [1.165, 1.54) is 22.5 Å². The maximum absolute atomic E-state index is 11.0. The van der Waals surface area contributed by atoms with Crippen molar-refractivity contribution in [3.8, 4) is 0 Å². The van der Waals surface area contributed by atoms with Crippen molar-refractivity contribution in [2.45, 2.75) is 19.3 Å². The van der Waals surface area contributed by atoms with E-state index in [9.17, 15) is 4.79 Å². The predicted octanol–water partition coefficient (Wildman–Crippen LogP) is 2.84. The molecule has 0 radical (unpaired) electrons. The Bertz CT molecular complexity index is 603. The third-order valence-corrected chi connectivity index (χ3v) is 4.42. The maximum atomic E-state index is 11.0. The van der Waals surface area contributed by atoms with Crippen molar-refractivity contribution in [2.24, 2.45) is 0 Å². The molecule has 1 atom stereocenters. The van der Waals surface area contributed by atoms with Crippen molar-refractivity contribution >= 4 is 17.3 Å². The lowest BCUT2D eigenvalue weighted by Crippen LogP contribution is -2.17. The molecule has 0 saturated carbocycles. The summed E-state index contributed by atoms with van der Waals surface area (Å²) in [6.45, 7) is 1.76. The van der Waals surface area contributed by atoms with Crippen LogP contribution in [0.2, 0.25) is 0 Å². The van der Waals surface area contributed by atoms with Gasteiger partial charge in [0, 0.05) is 5.92 Å². The van der Waals surface area contributed by atoms with Gasteiger partial charge >= 0.3 is 5.97 Å². The predicted molar refractivity (Wildman–Crippen MR) is 65.8 cm³/mol. The molecule has 1 aliphatic rings. The standard InChI is InChI=1S/C13H11NO2S/c1-7-11(13(15)16)17-12(14-7)10-6-8-4-2-3-5-9(8)10/h2-5,10H,6H2,1H3,(H,15,16). The van der Waals surface area contributed by atoms with Crippen LogP contribution in [0.3, 0.4) is 0 Å². The Morgan fingerprint density at radius 1 is 1.47 bits per heavy atom. The Morgan fingerprint density at radius 2 is 2.24 bits per heavy atom. The van der Waals surface area contributed by atoms with Crippen LogP contribution in [0.4, 0.5) is 0 Å². The summed E-state index contributed by atoms with van der Waals surface area (Å²) in [7, 11) is 0. The minimum Gasteiger partial charge on any atom is -0.477 e. The summed E-state index contributed by atoms with van der Waals surface area (Å²) in [4.78, 5) is 15.7. The van der Waals surface area contributed by atoms with Gasteiger partial charge in [0.15, 0.2) is 0 Å². The summed E-state index contributed by atoms with van der Waals surface area (Å²) in [6.07, 6.45) is 0.974. The molecule has 2 aromatic rings. The van der Waals surface area contributed by atoms with Crippen LogP contribution in [-0.4, -0.2) is 16.1 Å². The van der Waals surface area contributed by atoms with Gasteiger partial charge in [-0.25, -0.2) is 9.78 Å². The van der Waals surface area contributed by atoms with E-state index in [1.54, 1.807) is 6.92 Å². The molecule has 1 aromatic heterocycles. The molecule has 0 spiro atoms. The van der Waals surface area contributed by atoms with Gasteiger partial charge in [0.25, 0.3) is 0 Å². The summed E-state index contributed by atoms with van der Waals surface area (Å²) in [5.74, 6) is -0.582. The Hall–Kier alpha value is -1.68. The highest BCUT2D eigenvalue weighted by atomic mass is 32.1. The first-order chi connectivity index (χ1) is 8.16. The second-order valence-corrected chi connectivity index (χ2v) is 5.26. The highest BCUT2D eigenvalue weighted by Gasteiger charge is 2.30. The number of hydrogen-bond acceptors (Lipinski definition) is 3. The van der Waals surface area contributed by atoms with E-state index in [0.717, 1.165) is 11.4 Å². The molecule has 1 N–H and O–H groups in total. The molecule has 0 saturated heterocycles. The van der Waals surface area contributed by atoms with Crippen LogP contribution >= 0.6 is 11.3 Å². The van der Waals surface area contributed by atoms with Gasteiger partial charge in [-0.05, 0) is 24.5 Å². The normalized spacial score (nSPS) is 17.4. The van der Waals surface area contributed by atoms with Gasteiger partial charge in [-0.2, -0.15) is 0 Å². The molecule has 86 valence electrons. The molecule has 0 amide bonds. The van der Waals surface area contributed by atoms with Crippen LogP contribution in [0.15, 0.2) is 24.3 Å². The van der Waals surface area contributed by atoms with Crippen molar-refractivity contribution in [3.63, 3.8) is 0 Å². The zero-order valence-corrected chi connectivity index (χ0v) is 10.1. The molecule has 0 fully saturated rings. The quantitative estimate of drug-likeness (QED) is 0.885. The Morgan fingerprint density at radius 3 is 2.88 bits per heavy atom. The number of thiazole rings is 1. The van der Waals surface area contributed by atoms with E-state index >= 15 is 0 Å². The molecule has 0 bridgehead atoms. The molecule has 1 unspecified atom stereocenters. The number of aryl methyl sites for hydroxylation is 1. The molecule has 17 heavy (non-hydrogen) atoms. The minimum absolute atomic E-state index is 0.294. The van der Waals surface area contributed by atoms with Crippen LogP contribution < -0.4 is 0 Å². The van der Waals surface area contributed by atoms with E-state index in [1.807, 2.05) is 12.1 Å². The molecule has 3 nitrogen and oxygen atoms in total. The summed E-state index contributed by atoms with van der Waals surface area (Å²) < 4.78 is 0. The number of carbonyl (C=O) groups is 1. The van der Waals surface area contributed by atoms with E-state index in [0.29, 0.717) is 16.5 Å². The molecule has 3 rings (SSSR count). The van der Waals surface area contributed by atoms with Crippen LogP contribution in [-0.2, 0) is 6.42 Å². The molecule has 1 aliphatic carbocycles. The maximum Gasteiger partial charge on any atom is 0.347 e. The zero-order valence-electron chi connectivity index (χ0n) is 9.30. The number of hydrogen-bond donors (Lipinski definition) is 1. The number of aromatic carboxylic acids is 1. The first-order valence-electron chi connectivity index (χ1n) is 5.45. The lowest BCUT2D eigenvalue weighted by atomic mass is 9.78. The summed E-state index contributed by atoms with van der Waals surface area (Å²) >= 11 is 1.30. The first-order valence-corrected chi connectivity index (χ1v) is 6.27. The summed E-state index contributed by atoms with van der Waals surface area (Å²) in [5, 5.41) is 9.95. The van der Waals surface area contributed by atoms with Gasteiger partial charge in [0.05, 0.1) is 5.69 Å². The average Bonchev–Trinajstić information content (AvgIpc) is 2.62. The van der Waals surface area contributed by atoms with Crippen molar-refractivity contribution in [1.29, 1.82) is 0 Å². The molecule has 4 heteroatoms. The topological polar surface area (TPSA) is 50.2 Å². The van der Waals surface area contributed by atoms with Crippen molar-refractivity contribution in [1.82, 2.24) is 4.98 Å². The Kier molecular flexibility index (Phi) is 2.26. The van der Waals surface area contributed by atoms with E-state index in [-0.39, 0.29) is 0 Å². The van der Waals surface area contributed by atoms with E-state index < -0.39 is 5.97 Å². The SMILES string of the molecule is Cc1nc(C2Cc3ccccc32)sc1C(=O)O. The van der Waals surface area contributed by atoms with Crippen molar-refractivity contribution < 1.29 is 9.90 Å². The van der Waals surface area contributed by atoms with Crippen molar-refractivity contribution in [3.05, 3.63) is 51.0 Å². The number of fused-ring (bicyclic) bond motifs is 1. The van der Waals surface area contributed by atoms with Crippen LogP contribution in [0.1, 0.15) is 37.4 Å². The fraction of sp³-hybridized carbons (Fsp3) is 0.231. The lowest BCUT2D eigenvalue weighted by molar-refractivity contribution is 0.0701. The van der Waals surface area contributed by atoms with Gasteiger partial charge in [-0.15, -0.1) is 11.3 Å². The average molecular weight is 245 g/mol. The summed E-state index contributed by atoms with van der Waals surface area (Å²) in [5.41, 5.74) is 3.27. The number of nitrogens with zero attached hydrogens (tertiary/aromatic N) is 1. The first kappa shape index (κ1) is 10.5. The number of carboxylic acid groups (broad SMARTS) is 1. The van der Waals surface area contributed by atoms with Crippen LogP contribution in [0.5, 0.6) is 0 Å². The number of benzene rings is 1. The second kappa shape index (κ2) is 3.67. The van der Waals surface area contributed by atoms with Gasteiger partial charge in [-0.3, -0.25) is 0 Å². The monoisotopic (exact) mass is 245 g/mol.